The average molecular weight is 415 g/mol. The topological polar surface area (TPSA) is 80.3 Å². The van der Waals surface area contributed by atoms with E-state index in [9.17, 15) is 4.39 Å². The van der Waals surface area contributed by atoms with Crippen LogP contribution in [0.5, 0.6) is 0 Å². The lowest BCUT2D eigenvalue weighted by Crippen LogP contribution is -2.11. The molecule has 0 atom stereocenters. The molecule has 7 heteroatoms. The van der Waals surface area contributed by atoms with Crippen LogP contribution < -0.4 is 16.4 Å². The predicted octanol–water partition coefficient (Wildman–Crippen LogP) is 5.17. The Bertz CT molecular complexity index is 906. The van der Waals surface area contributed by atoms with E-state index in [2.05, 4.69) is 29.6 Å². The molecule has 1 aromatic carbocycles. The van der Waals surface area contributed by atoms with Crippen molar-refractivity contribution in [2.45, 2.75) is 59.4 Å². The summed E-state index contributed by atoms with van der Waals surface area (Å²) in [6.45, 7) is 10.2. The van der Waals surface area contributed by atoms with Crippen LogP contribution in [0.4, 0.5) is 16.0 Å². The quantitative estimate of drug-likeness (QED) is 0.399. The molecular weight excluding hydrogens is 379 g/mol. The standard InChI is InChI=1S/C21H29FN6.C2H6/c1-15(2)17-14-26-28-20(25-13-16-8-4-5-9-18(16)22)12-19(27-21(17)28)24-11-7-3-6-10-23;1-2/h4-5,8-9,12,14-15,25H,3,6-7,10-11,13,23H2,1-2H3,(H,24,27);1-2H3. The van der Waals surface area contributed by atoms with Crippen LogP contribution in [0.15, 0.2) is 36.5 Å². The van der Waals surface area contributed by atoms with E-state index in [4.69, 9.17) is 10.7 Å². The fourth-order valence-electron chi connectivity index (χ4n) is 3.09. The van der Waals surface area contributed by atoms with Gasteiger partial charge in [0.1, 0.15) is 17.5 Å². The highest BCUT2D eigenvalue weighted by atomic mass is 19.1. The van der Waals surface area contributed by atoms with Crippen LogP contribution in [0.25, 0.3) is 5.65 Å². The van der Waals surface area contributed by atoms with Gasteiger partial charge in [0.25, 0.3) is 0 Å². The Morgan fingerprint density at radius 2 is 1.87 bits per heavy atom. The molecule has 0 amide bonds. The molecule has 3 rings (SSSR count). The number of nitrogens with zero attached hydrogens (tertiary/aromatic N) is 3. The molecule has 0 aliphatic heterocycles. The second kappa shape index (κ2) is 12.1. The van der Waals surface area contributed by atoms with Crippen LogP contribution in [0.1, 0.15) is 64.0 Å². The molecule has 0 spiro atoms. The molecule has 0 saturated carbocycles. The summed E-state index contributed by atoms with van der Waals surface area (Å²) >= 11 is 0. The van der Waals surface area contributed by atoms with Crippen LogP contribution in [0, 0.1) is 5.82 Å². The van der Waals surface area contributed by atoms with E-state index in [0.717, 1.165) is 55.2 Å². The number of hydrogen-bond donors (Lipinski definition) is 3. The summed E-state index contributed by atoms with van der Waals surface area (Å²) in [6, 6.07) is 8.70. The fourth-order valence-corrected chi connectivity index (χ4v) is 3.09. The van der Waals surface area contributed by atoms with Crippen molar-refractivity contribution >= 4 is 17.3 Å². The fraction of sp³-hybridized carbons (Fsp3) is 0.478. The van der Waals surface area contributed by atoms with Crippen molar-refractivity contribution in [1.82, 2.24) is 14.6 Å². The number of unbranched alkanes of at least 4 members (excludes halogenated alkanes) is 2. The van der Waals surface area contributed by atoms with Gasteiger partial charge in [0, 0.05) is 30.3 Å². The van der Waals surface area contributed by atoms with Crippen LogP contribution >= 0.6 is 0 Å². The number of anilines is 2. The largest absolute Gasteiger partial charge is 0.370 e. The Labute approximate surface area is 179 Å². The van der Waals surface area contributed by atoms with Gasteiger partial charge in [-0.15, -0.1) is 0 Å². The molecule has 6 nitrogen and oxygen atoms in total. The van der Waals surface area contributed by atoms with Gasteiger partial charge in [0.2, 0.25) is 0 Å². The first-order chi connectivity index (χ1) is 14.6. The van der Waals surface area contributed by atoms with Crippen LogP contribution in [-0.2, 0) is 6.54 Å². The summed E-state index contributed by atoms with van der Waals surface area (Å²) in [5.74, 6) is 1.66. The number of halogens is 1. The van der Waals surface area contributed by atoms with E-state index >= 15 is 0 Å². The number of nitrogens with two attached hydrogens (primary N) is 1. The molecule has 0 unspecified atom stereocenters. The molecule has 0 bridgehead atoms. The maximum atomic E-state index is 14.0. The molecular formula is C23H35FN6. The minimum Gasteiger partial charge on any atom is -0.370 e. The lowest BCUT2D eigenvalue weighted by Gasteiger charge is -2.13. The second-order valence-electron chi connectivity index (χ2n) is 7.24. The average Bonchev–Trinajstić information content (AvgIpc) is 3.19. The first kappa shape index (κ1) is 23.6. The van der Waals surface area contributed by atoms with Crippen molar-refractivity contribution < 1.29 is 4.39 Å². The Hall–Kier alpha value is -2.67. The number of nitrogens with one attached hydrogen (secondary N) is 2. The zero-order valence-electron chi connectivity index (χ0n) is 18.6. The Morgan fingerprint density at radius 3 is 2.57 bits per heavy atom. The zero-order valence-corrected chi connectivity index (χ0v) is 18.6. The zero-order chi connectivity index (χ0) is 21.9. The second-order valence-corrected chi connectivity index (χ2v) is 7.24. The Balaban J connectivity index is 0.00000155. The lowest BCUT2D eigenvalue weighted by atomic mass is 10.1. The van der Waals surface area contributed by atoms with Crippen molar-refractivity contribution in [1.29, 1.82) is 0 Å². The van der Waals surface area contributed by atoms with Gasteiger partial charge in [-0.1, -0.05) is 52.3 Å². The van der Waals surface area contributed by atoms with Gasteiger partial charge in [-0.2, -0.15) is 9.61 Å². The molecule has 4 N–H and O–H groups in total. The summed E-state index contributed by atoms with van der Waals surface area (Å²) in [5, 5.41) is 11.2. The molecule has 0 aliphatic carbocycles. The predicted molar refractivity (Wildman–Crippen MR) is 124 cm³/mol. The molecule has 0 aliphatic rings. The molecule has 30 heavy (non-hydrogen) atoms. The molecule has 2 aromatic heterocycles. The Kier molecular flexibility index (Phi) is 9.54. The summed E-state index contributed by atoms with van der Waals surface area (Å²) in [7, 11) is 0. The summed E-state index contributed by atoms with van der Waals surface area (Å²) < 4.78 is 15.8. The van der Waals surface area contributed by atoms with E-state index in [1.165, 1.54) is 6.07 Å². The minimum atomic E-state index is -0.220. The third kappa shape index (κ3) is 6.16. The molecule has 0 saturated heterocycles. The number of hydrogen-bond acceptors (Lipinski definition) is 5. The first-order valence-electron chi connectivity index (χ1n) is 10.9. The number of fused-ring (bicyclic) bond motifs is 1. The van der Waals surface area contributed by atoms with Gasteiger partial charge in [-0.05, 0) is 31.4 Å². The summed E-state index contributed by atoms with van der Waals surface area (Å²) in [5.41, 5.74) is 8.06. The van der Waals surface area contributed by atoms with Crippen LogP contribution in [0.3, 0.4) is 0 Å². The third-order valence-electron chi connectivity index (χ3n) is 4.73. The van der Waals surface area contributed by atoms with E-state index in [1.54, 1.807) is 16.6 Å². The highest BCUT2D eigenvalue weighted by Crippen LogP contribution is 2.24. The number of aromatic nitrogens is 3. The van der Waals surface area contributed by atoms with Gasteiger partial charge < -0.3 is 16.4 Å². The maximum Gasteiger partial charge on any atom is 0.163 e. The summed E-state index contributed by atoms with van der Waals surface area (Å²) in [4.78, 5) is 4.76. The lowest BCUT2D eigenvalue weighted by molar-refractivity contribution is 0.612. The van der Waals surface area contributed by atoms with Crippen LogP contribution in [-0.4, -0.2) is 27.7 Å². The molecule has 3 aromatic rings. The van der Waals surface area contributed by atoms with E-state index in [-0.39, 0.29) is 5.82 Å². The van der Waals surface area contributed by atoms with Gasteiger partial charge >= 0.3 is 0 Å². The third-order valence-corrected chi connectivity index (χ3v) is 4.73. The molecule has 0 radical (unpaired) electrons. The first-order valence-corrected chi connectivity index (χ1v) is 10.9. The highest BCUT2D eigenvalue weighted by molar-refractivity contribution is 5.61. The summed E-state index contributed by atoms with van der Waals surface area (Å²) in [6.07, 6.45) is 5.02. The van der Waals surface area contributed by atoms with Gasteiger partial charge in [0.05, 0.1) is 6.20 Å². The highest BCUT2D eigenvalue weighted by Gasteiger charge is 2.14. The maximum absolute atomic E-state index is 14.0. The van der Waals surface area contributed by atoms with Crippen molar-refractivity contribution in [2.75, 3.05) is 23.7 Å². The number of rotatable bonds is 10. The smallest absolute Gasteiger partial charge is 0.163 e. The van der Waals surface area contributed by atoms with E-state index in [0.29, 0.717) is 18.0 Å². The van der Waals surface area contributed by atoms with E-state index < -0.39 is 0 Å². The van der Waals surface area contributed by atoms with Crippen molar-refractivity contribution in [3.63, 3.8) is 0 Å². The van der Waals surface area contributed by atoms with Crippen molar-refractivity contribution in [3.8, 4) is 0 Å². The van der Waals surface area contributed by atoms with Gasteiger partial charge in [-0.25, -0.2) is 9.37 Å². The van der Waals surface area contributed by atoms with E-state index in [1.807, 2.05) is 32.2 Å². The van der Waals surface area contributed by atoms with Crippen molar-refractivity contribution in [2.24, 2.45) is 5.73 Å². The van der Waals surface area contributed by atoms with Gasteiger partial charge in [-0.3, -0.25) is 0 Å². The SMILES string of the molecule is CC.CC(C)c1cnn2c(NCc3ccccc3F)cc(NCCCCCN)nc12. The molecule has 0 fully saturated rings. The molecule has 164 valence electrons. The van der Waals surface area contributed by atoms with Crippen molar-refractivity contribution in [3.05, 3.63) is 53.5 Å². The van der Waals surface area contributed by atoms with Gasteiger partial charge in [0.15, 0.2) is 5.65 Å². The molecule has 2 heterocycles. The minimum absolute atomic E-state index is 0.220. The number of benzene rings is 1. The monoisotopic (exact) mass is 414 g/mol. The Morgan fingerprint density at radius 1 is 1.10 bits per heavy atom. The van der Waals surface area contributed by atoms with Crippen LogP contribution in [0.2, 0.25) is 0 Å². The normalized spacial score (nSPS) is 10.8.